The summed E-state index contributed by atoms with van der Waals surface area (Å²) in [5.74, 6) is 0. The molecule has 2 rings (SSSR count). The molecule has 0 aliphatic heterocycles. The number of benzene rings is 2. The minimum atomic E-state index is -4.97. The van der Waals surface area contributed by atoms with E-state index in [2.05, 4.69) is 10.8 Å². The van der Waals surface area contributed by atoms with Crippen LogP contribution in [0.3, 0.4) is 0 Å². The van der Waals surface area contributed by atoms with Gasteiger partial charge in [-0.15, -0.1) is 6.58 Å². The fourth-order valence-corrected chi connectivity index (χ4v) is 4.22. The number of hydrogen-bond acceptors (Lipinski definition) is 6. The van der Waals surface area contributed by atoms with Gasteiger partial charge in [0.1, 0.15) is 15.0 Å². The zero-order valence-corrected chi connectivity index (χ0v) is 15.4. The third-order valence-corrected chi connectivity index (χ3v) is 5.10. The SMILES string of the molecule is C=CCOS(=O)(=O)c1c(S(=O)(=O)[O-])ccc2ccccc12.[Na+]. The molecule has 9 heteroatoms. The first-order chi connectivity index (χ1) is 9.77. The third-order valence-electron chi connectivity index (χ3n) is 2.70. The summed E-state index contributed by atoms with van der Waals surface area (Å²) in [6, 6.07) is 8.55. The Bertz CT molecular complexity index is 903. The van der Waals surface area contributed by atoms with E-state index in [1.165, 1.54) is 24.3 Å². The molecule has 0 aliphatic rings. The standard InChI is InChI=1S/C13H12O6S2.Na/c1-2-9-19-21(17,18)13-11-6-4-3-5-10(11)7-8-12(13)20(14,15)16;/h2-8H,1,9H2,(H,14,15,16);/q;+1/p-1. The summed E-state index contributed by atoms with van der Waals surface area (Å²) in [5.41, 5.74) is 0. The molecule has 6 nitrogen and oxygen atoms in total. The van der Waals surface area contributed by atoms with Gasteiger partial charge in [-0.1, -0.05) is 36.4 Å². The Morgan fingerprint density at radius 1 is 1.09 bits per heavy atom. The maximum absolute atomic E-state index is 12.2. The summed E-state index contributed by atoms with van der Waals surface area (Å²) in [6.45, 7) is 2.99. The van der Waals surface area contributed by atoms with Crippen LogP contribution in [-0.4, -0.2) is 28.0 Å². The molecular formula is C13H11NaO6S2. The minimum absolute atomic E-state index is 0. The van der Waals surface area contributed by atoms with Crippen LogP contribution >= 0.6 is 0 Å². The number of rotatable bonds is 5. The van der Waals surface area contributed by atoms with Crippen LogP contribution in [-0.2, 0) is 24.4 Å². The zero-order valence-electron chi connectivity index (χ0n) is 11.7. The molecule has 2 aromatic rings. The summed E-state index contributed by atoms with van der Waals surface area (Å²) in [7, 11) is -9.38. The van der Waals surface area contributed by atoms with E-state index in [4.69, 9.17) is 0 Å². The van der Waals surface area contributed by atoms with Gasteiger partial charge in [-0.05, 0) is 11.5 Å². The van der Waals surface area contributed by atoms with Crippen molar-refractivity contribution in [2.75, 3.05) is 6.61 Å². The van der Waals surface area contributed by atoms with Crippen molar-refractivity contribution >= 4 is 31.0 Å². The van der Waals surface area contributed by atoms with Gasteiger partial charge >= 0.3 is 29.6 Å². The first-order valence-electron chi connectivity index (χ1n) is 5.75. The summed E-state index contributed by atoms with van der Waals surface area (Å²) >= 11 is 0. The zero-order chi connectivity index (χ0) is 15.7. The molecule has 0 N–H and O–H groups in total. The molecule has 0 bridgehead atoms. The molecule has 112 valence electrons. The summed E-state index contributed by atoms with van der Waals surface area (Å²) < 4.78 is 63.0. The predicted octanol–water partition coefficient (Wildman–Crippen LogP) is -1.36. The fourth-order valence-electron chi connectivity index (χ4n) is 1.87. The van der Waals surface area contributed by atoms with Crippen molar-refractivity contribution in [1.82, 2.24) is 0 Å². The van der Waals surface area contributed by atoms with Gasteiger partial charge in [0.2, 0.25) is 0 Å². The maximum Gasteiger partial charge on any atom is 1.00 e. The third kappa shape index (κ3) is 3.96. The van der Waals surface area contributed by atoms with E-state index >= 15 is 0 Å². The summed E-state index contributed by atoms with van der Waals surface area (Å²) in [6.07, 6.45) is 1.20. The van der Waals surface area contributed by atoms with E-state index in [1.54, 1.807) is 12.1 Å². The van der Waals surface area contributed by atoms with Crippen LogP contribution in [0.5, 0.6) is 0 Å². The molecule has 0 unspecified atom stereocenters. The molecule has 0 saturated carbocycles. The van der Waals surface area contributed by atoms with E-state index in [0.717, 1.165) is 6.07 Å². The average Bonchev–Trinajstić information content (AvgIpc) is 2.43. The molecule has 22 heavy (non-hydrogen) atoms. The second kappa shape index (κ2) is 7.22. The van der Waals surface area contributed by atoms with Crippen LogP contribution in [0.2, 0.25) is 0 Å². The van der Waals surface area contributed by atoms with Crippen LogP contribution in [0.15, 0.2) is 58.8 Å². The second-order valence-corrected chi connectivity index (χ2v) is 7.00. The molecule has 0 heterocycles. The van der Waals surface area contributed by atoms with Gasteiger partial charge in [0, 0.05) is 5.39 Å². The van der Waals surface area contributed by atoms with Crippen LogP contribution in [0, 0.1) is 0 Å². The second-order valence-electron chi connectivity index (χ2n) is 4.10. The normalized spacial score (nSPS) is 11.9. The van der Waals surface area contributed by atoms with Crippen LogP contribution in [0.4, 0.5) is 0 Å². The Balaban J connectivity index is 0.00000242. The Morgan fingerprint density at radius 3 is 2.32 bits per heavy atom. The van der Waals surface area contributed by atoms with Crippen molar-refractivity contribution in [3.63, 3.8) is 0 Å². The Hall–Kier alpha value is -0.740. The number of fused-ring (bicyclic) bond motifs is 1. The molecule has 0 saturated heterocycles. The maximum atomic E-state index is 12.2. The first-order valence-corrected chi connectivity index (χ1v) is 8.57. The van der Waals surface area contributed by atoms with Crippen LogP contribution < -0.4 is 29.6 Å². The molecule has 0 aromatic heterocycles. The predicted molar refractivity (Wildman–Crippen MR) is 75.2 cm³/mol. The van der Waals surface area contributed by atoms with Gasteiger partial charge in [0.15, 0.2) is 0 Å². The largest absolute Gasteiger partial charge is 1.00 e. The number of hydrogen-bond donors (Lipinski definition) is 0. The van der Waals surface area contributed by atoms with Gasteiger partial charge in [-0.2, -0.15) is 8.42 Å². The van der Waals surface area contributed by atoms with Crippen molar-refractivity contribution in [2.24, 2.45) is 0 Å². The molecule has 0 radical (unpaired) electrons. The quantitative estimate of drug-likeness (QED) is 0.286. The van der Waals surface area contributed by atoms with Crippen molar-refractivity contribution in [2.45, 2.75) is 9.79 Å². The molecule has 0 spiro atoms. The van der Waals surface area contributed by atoms with Crippen molar-refractivity contribution < 1.29 is 55.1 Å². The van der Waals surface area contributed by atoms with E-state index in [0.29, 0.717) is 5.39 Å². The van der Waals surface area contributed by atoms with Crippen molar-refractivity contribution in [3.8, 4) is 0 Å². The Labute approximate surface area is 151 Å². The fraction of sp³-hybridized carbons (Fsp3) is 0.0769. The molecule has 0 amide bonds. The summed E-state index contributed by atoms with van der Waals surface area (Å²) in [4.78, 5) is -1.47. The minimum Gasteiger partial charge on any atom is -0.744 e. The smallest absolute Gasteiger partial charge is 0.744 e. The summed E-state index contributed by atoms with van der Waals surface area (Å²) in [5, 5.41) is 0.587. The van der Waals surface area contributed by atoms with Crippen molar-refractivity contribution in [3.05, 3.63) is 49.1 Å². The van der Waals surface area contributed by atoms with E-state index < -0.39 is 30.0 Å². The first kappa shape index (κ1) is 19.3. The monoisotopic (exact) mass is 350 g/mol. The van der Waals surface area contributed by atoms with Gasteiger partial charge in [-0.25, -0.2) is 8.42 Å². The van der Waals surface area contributed by atoms with Crippen molar-refractivity contribution in [1.29, 1.82) is 0 Å². The molecule has 0 atom stereocenters. The van der Waals surface area contributed by atoms with Crippen LogP contribution in [0.1, 0.15) is 0 Å². The van der Waals surface area contributed by atoms with Gasteiger partial charge in [0.05, 0.1) is 11.5 Å². The van der Waals surface area contributed by atoms with Crippen LogP contribution in [0.25, 0.3) is 10.8 Å². The van der Waals surface area contributed by atoms with Gasteiger partial charge in [0.25, 0.3) is 10.1 Å². The Kier molecular flexibility index (Phi) is 6.34. The molecule has 0 fully saturated rings. The van der Waals surface area contributed by atoms with E-state index in [9.17, 15) is 21.4 Å². The van der Waals surface area contributed by atoms with E-state index in [1.807, 2.05) is 0 Å². The molecular weight excluding hydrogens is 339 g/mol. The topological polar surface area (TPSA) is 101 Å². The van der Waals surface area contributed by atoms with E-state index in [-0.39, 0.29) is 41.6 Å². The molecule has 0 aliphatic carbocycles. The van der Waals surface area contributed by atoms with Gasteiger partial charge < -0.3 is 4.55 Å². The average molecular weight is 350 g/mol. The Morgan fingerprint density at radius 2 is 1.73 bits per heavy atom. The van der Waals surface area contributed by atoms with Gasteiger partial charge in [-0.3, -0.25) is 4.18 Å². The molecule has 2 aromatic carbocycles.